The molecule has 0 spiro atoms. The summed E-state index contributed by atoms with van der Waals surface area (Å²) in [6, 6.07) is 24.8. The smallest absolute Gasteiger partial charge is 0.276 e. The lowest BCUT2D eigenvalue weighted by atomic mass is 10.1. The molecule has 0 radical (unpaired) electrons. The Balaban J connectivity index is 1.38. The van der Waals surface area contributed by atoms with E-state index >= 15 is 0 Å². The zero-order valence-electron chi connectivity index (χ0n) is 16.1. The van der Waals surface area contributed by atoms with Crippen LogP contribution in [-0.4, -0.2) is 25.0 Å². The number of hydrogen-bond acceptors (Lipinski definition) is 4. The summed E-state index contributed by atoms with van der Waals surface area (Å²) in [7, 11) is 0. The number of hydrogen-bond donors (Lipinski definition) is 2. The van der Waals surface area contributed by atoms with Gasteiger partial charge in [0.05, 0.1) is 0 Å². The van der Waals surface area contributed by atoms with Crippen LogP contribution in [0.3, 0.4) is 0 Å². The number of hydrazine groups is 1. The van der Waals surface area contributed by atoms with E-state index in [0.717, 1.165) is 16.7 Å². The van der Waals surface area contributed by atoms with E-state index < -0.39 is 11.8 Å². The van der Waals surface area contributed by atoms with Crippen molar-refractivity contribution in [3.05, 3.63) is 84.4 Å². The van der Waals surface area contributed by atoms with Gasteiger partial charge in [0.1, 0.15) is 11.5 Å². The molecule has 0 bridgehead atoms. The summed E-state index contributed by atoms with van der Waals surface area (Å²) in [6.45, 7) is 1.51. The molecule has 0 atom stereocenters. The predicted octanol–water partition coefficient (Wildman–Crippen LogP) is 3.27. The van der Waals surface area contributed by atoms with Crippen LogP contribution in [0.4, 0.5) is 0 Å². The SMILES string of the molecule is Cc1cccc(OCC(=O)NNC(=O)COc2ccc(-c3ccccc3)cc2)c1. The molecule has 0 aliphatic heterocycles. The van der Waals surface area contributed by atoms with Gasteiger partial charge in [0.15, 0.2) is 13.2 Å². The van der Waals surface area contributed by atoms with Crippen LogP contribution in [-0.2, 0) is 9.59 Å². The minimum absolute atomic E-state index is 0.203. The Morgan fingerprint density at radius 2 is 1.28 bits per heavy atom. The van der Waals surface area contributed by atoms with Gasteiger partial charge < -0.3 is 9.47 Å². The highest BCUT2D eigenvalue weighted by molar-refractivity contribution is 5.83. The number of nitrogens with one attached hydrogen (secondary N) is 2. The van der Waals surface area contributed by atoms with Crippen LogP contribution in [0.1, 0.15) is 5.56 Å². The number of carbonyl (C=O) groups excluding carboxylic acids is 2. The van der Waals surface area contributed by atoms with E-state index in [2.05, 4.69) is 10.9 Å². The van der Waals surface area contributed by atoms with Crippen molar-refractivity contribution in [3.63, 3.8) is 0 Å². The summed E-state index contributed by atoms with van der Waals surface area (Å²) in [5.74, 6) is 0.218. The van der Waals surface area contributed by atoms with Crippen LogP contribution >= 0.6 is 0 Å². The lowest BCUT2D eigenvalue weighted by molar-refractivity contribution is -0.131. The molecule has 0 fully saturated rings. The van der Waals surface area contributed by atoms with E-state index in [-0.39, 0.29) is 13.2 Å². The van der Waals surface area contributed by atoms with Crippen LogP contribution in [0.5, 0.6) is 11.5 Å². The lowest BCUT2D eigenvalue weighted by Gasteiger charge is -2.10. The molecule has 0 aromatic heterocycles. The molecule has 0 heterocycles. The first-order valence-electron chi connectivity index (χ1n) is 9.15. The summed E-state index contributed by atoms with van der Waals surface area (Å²) >= 11 is 0. The molecule has 29 heavy (non-hydrogen) atoms. The molecular formula is C23H22N2O4. The maximum absolute atomic E-state index is 11.8. The fraction of sp³-hybridized carbons (Fsp3) is 0.130. The normalized spacial score (nSPS) is 10.1. The van der Waals surface area contributed by atoms with E-state index in [9.17, 15) is 9.59 Å². The Bertz CT molecular complexity index is 956. The molecule has 3 aromatic carbocycles. The van der Waals surface area contributed by atoms with Gasteiger partial charge >= 0.3 is 0 Å². The summed E-state index contributed by atoms with van der Waals surface area (Å²) in [6.07, 6.45) is 0. The quantitative estimate of drug-likeness (QED) is 0.607. The largest absolute Gasteiger partial charge is 0.484 e. The van der Waals surface area contributed by atoms with Gasteiger partial charge in [-0.05, 0) is 47.9 Å². The first-order valence-corrected chi connectivity index (χ1v) is 9.15. The monoisotopic (exact) mass is 390 g/mol. The molecule has 0 saturated carbocycles. The number of rotatable bonds is 7. The van der Waals surface area contributed by atoms with Crippen LogP contribution in [0.15, 0.2) is 78.9 Å². The van der Waals surface area contributed by atoms with Gasteiger partial charge in [0.25, 0.3) is 11.8 Å². The summed E-state index contributed by atoms with van der Waals surface area (Å²) in [4.78, 5) is 23.6. The highest BCUT2D eigenvalue weighted by atomic mass is 16.5. The third-order valence-corrected chi connectivity index (χ3v) is 4.03. The van der Waals surface area contributed by atoms with Crippen LogP contribution < -0.4 is 20.3 Å². The molecule has 2 amide bonds. The second kappa shape index (κ2) is 9.94. The van der Waals surface area contributed by atoms with E-state index in [1.807, 2.05) is 67.6 Å². The molecule has 6 heteroatoms. The molecule has 0 aliphatic carbocycles. The summed E-state index contributed by atoms with van der Waals surface area (Å²) in [5.41, 5.74) is 7.78. The van der Waals surface area contributed by atoms with Crippen molar-refractivity contribution in [1.82, 2.24) is 10.9 Å². The van der Waals surface area contributed by atoms with Crippen molar-refractivity contribution in [2.75, 3.05) is 13.2 Å². The molecule has 0 saturated heterocycles. The maximum atomic E-state index is 11.8. The van der Waals surface area contributed by atoms with Crippen LogP contribution in [0.2, 0.25) is 0 Å². The summed E-state index contributed by atoms with van der Waals surface area (Å²) in [5, 5.41) is 0. The zero-order valence-corrected chi connectivity index (χ0v) is 16.1. The van der Waals surface area contributed by atoms with Crippen LogP contribution in [0.25, 0.3) is 11.1 Å². The van der Waals surface area contributed by atoms with Crippen molar-refractivity contribution >= 4 is 11.8 Å². The number of aryl methyl sites for hydroxylation is 1. The van der Waals surface area contributed by atoms with Gasteiger partial charge in [0, 0.05) is 0 Å². The second-order valence-corrected chi connectivity index (χ2v) is 6.38. The standard InChI is InChI=1S/C23H22N2O4/c1-17-6-5-9-21(14-17)29-16-23(27)25-24-22(26)15-28-20-12-10-19(11-13-20)18-7-3-2-4-8-18/h2-14H,15-16H2,1H3,(H,24,26)(H,25,27). The lowest BCUT2D eigenvalue weighted by Crippen LogP contribution is -2.45. The minimum atomic E-state index is -0.471. The van der Waals surface area contributed by atoms with Crippen molar-refractivity contribution in [2.45, 2.75) is 6.92 Å². The number of benzene rings is 3. The van der Waals surface area contributed by atoms with E-state index in [1.165, 1.54) is 0 Å². The first kappa shape index (κ1) is 19.9. The molecule has 3 rings (SSSR count). The maximum Gasteiger partial charge on any atom is 0.276 e. The third kappa shape index (κ3) is 6.39. The Morgan fingerprint density at radius 3 is 1.90 bits per heavy atom. The average molecular weight is 390 g/mol. The fourth-order valence-corrected chi connectivity index (χ4v) is 2.59. The highest BCUT2D eigenvalue weighted by Gasteiger charge is 2.07. The Morgan fingerprint density at radius 1 is 0.690 bits per heavy atom. The number of amides is 2. The van der Waals surface area contributed by atoms with Gasteiger partial charge in [-0.15, -0.1) is 0 Å². The Kier molecular flexibility index (Phi) is 6.84. The molecule has 2 N–H and O–H groups in total. The fourth-order valence-electron chi connectivity index (χ4n) is 2.59. The highest BCUT2D eigenvalue weighted by Crippen LogP contribution is 2.21. The molecule has 148 valence electrons. The molecule has 0 unspecified atom stereocenters. The zero-order chi connectivity index (χ0) is 20.5. The van der Waals surface area contributed by atoms with Crippen molar-refractivity contribution < 1.29 is 19.1 Å². The number of carbonyl (C=O) groups is 2. The summed E-state index contributed by atoms with van der Waals surface area (Å²) < 4.78 is 10.8. The Labute approximate surface area is 169 Å². The van der Waals surface area contributed by atoms with Crippen molar-refractivity contribution in [2.24, 2.45) is 0 Å². The first-order chi connectivity index (χ1) is 14.1. The number of ether oxygens (including phenoxy) is 2. The van der Waals surface area contributed by atoms with E-state index in [4.69, 9.17) is 9.47 Å². The third-order valence-electron chi connectivity index (χ3n) is 4.03. The molecule has 0 aliphatic rings. The molecule has 6 nitrogen and oxygen atoms in total. The Hall–Kier alpha value is -3.80. The van der Waals surface area contributed by atoms with Gasteiger partial charge in [-0.3, -0.25) is 20.4 Å². The minimum Gasteiger partial charge on any atom is -0.484 e. The van der Waals surface area contributed by atoms with Crippen LogP contribution in [0, 0.1) is 6.92 Å². The van der Waals surface area contributed by atoms with Crippen molar-refractivity contribution in [3.8, 4) is 22.6 Å². The van der Waals surface area contributed by atoms with Gasteiger partial charge in [-0.1, -0.05) is 54.6 Å². The van der Waals surface area contributed by atoms with Gasteiger partial charge in [0.2, 0.25) is 0 Å². The predicted molar refractivity (Wildman–Crippen MR) is 110 cm³/mol. The van der Waals surface area contributed by atoms with E-state index in [1.54, 1.807) is 18.2 Å². The van der Waals surface area contributed by atoms with Crippen molar-refractivity contribution in [1.29, 1.82) is 0 Å². The second-order valence-electron chi connectivity index (χ2n) is 6.38. The van der Waals surface area contributed by atoms with Gasteiger partial charge in [-0.25, -0.2) is 0 Å². The van der Waals surface area contributed by atoms with E-state index in [0.29, 0.717) is 11.5 Å². The molecule has 3 aromatic rings. The van der Waals surface area contributed by atoms with Gasteiger partial charge in [-0.2, -0.15) is 0 Å². The topological polar surface area (TPSA) is 76.7 Å². The molecular weight excluding hydrogens is 368 g/mol. The average Bonchev–Trinajstić information content (AvgIpc) is 2.76.